The molecular formula is C9H11N5O. The summed E-state index contributed by atoms with van der Waals surface area (Å²) in [5.41, 5.74) is 5.15. The van der Waals surface area contributed by atoms with E-state index in [1.807, 2.05) is 6.07 Å². The predicted molar refractivity (Wildman–Crippen MR) is 54.0 cm³/mol. The summed E-state index contributed by atoms with van der Waals surface area (Å²) in [6.45, 7) is 0.571. The van der Waals surface area contributed by atoms with Gasteiger partial charge in [-0.05, 0) is 12.1 Å². The lowest BCUT2D eigenvalue weighted by atomic mass is 10.3. The van der Waals surface area contributed by atoms with Crippen LogP contribution in [0.15, 0.2) is 12.1 Å². The van der Waals surface area contributed by atoms with Crippen molar-refractivity contribution in [3.8, 4) is 6.07 Å². The fourth-order valence-electron chi connectivity index (χ4n) is 0.992. The minimum absolute atomic E-state index is 0.132. The van der Waals surface area contributed by atoms with E-state index in [1.54, 1.807) is 18.0 Å². The molecule has 0 unspecified atom stereocenters. The van der Waals surface area contributed by atoms with E-state index in [2.05, 4.69) is 10.2 Å². The summed E-state index contributed by atoms with van der Waals surface area (Å²) in [4.78, 5) is 12.5. The summed E-state index contributed by atoms with van der Waals surface area (Å²) in [5.74, 6) is 0.00368. The standard InChI is InChI=1S/C9H11N5O/c1-14(6-2-5-10)8-4-3-7(9(11)15)12-13-8/h3-4H,2,6H2,1H3,(H2,11,15). The molecule has 0 radical (unpaired) electrons. The summed E-state index contributed by atoms with van der Waals surface area (Å²) in [6, 6.07) is 5.18. The van der Waals surface area contributed by atoms with Gasteiger partial charge >= 0.3 is 0 Å². The molecule has 0 aliphatic rings. The van der Waals surface area contributed by atoms with Crippen LogP contribution in [0.3, 0.4) is 0 Å². The maximum Gasteiger partial charge on any atom is 0.269 e. The molecule has 6 nitrogen and oxygen atoms in total. The van der Waals surface area contributed by atoms with Gasteiger partial charge in [-0.2, -0.15) is 5.26 Å². The number of aromatic nitrogens is 2. The molecule has 0 bridgehead atoms. The van der Waals surface area contributed by atoms with Crippen molar-refractivity contribution in [2.75, 3.05) is 18.5 Å². The third-order valence-electron chi connectivity index (χ3n) is 1.85. The van der Waals surface area contributed by atoms with Gasteiger partial charge in [0.15, 0.2) is 11.5 Å². The molecule has 1 rings (SSSR count). The summed E-state index contributed by atoms with van der Waals surface area (Å²) >= 11 is 0. The van der Waals surface area contributed by atoms with Crippen LogP contribution in [0.25, 0.3) is 0 Å². The number of carbonyl (C=O) groups is 1. The summed E-state index contributed by atoms with van der Waals surface area (Å²) < 4.78 is 0. The topological polar surface area (TPSA) is 95.9 Å². The Morgan fingerprint density at radius 3 is 2.80 bits per heavy atom. The Labute approximate surface area is 87.3 Å². The van der Waals surface area contributed by atoms with Gasteiger partial charge in [0.05, 0.1) is 12.5 Å². The van der Waals surface area contributed by atoms with Crippen LogP contribution in [-0.2, 0) is 0 Å². The highest BCUT2D eigenvalue weighted by Crippen LogP contribution is 2.07. The van der Waals surface area contributed by atoms with Crippen LogP contribution in [0.2, 0.25) is 0 Å². The monoisotopic (exact) mass is 205 g/mol. The highest BCUT2D eigenvalue weighted by molar-refractivity contribution is 5.90. The van der Waals surface area contributed by atoms with Crippen molar-refractivity contribution in [3.63, 3.8) is 0 Å². The van der Waals surface area contributed by atoms with Crippen molar-refractivity contribution in [1.29, 1.82) is 5.26 Å². The average molecular weight is 205 g/mol. The van der Waals surface area contributed by atoms with Crippen LogP contribution in [0.4, 0.5) is 5.82 Å². The van der Waals surface area contributed by atoms with Crippen LogP contribution < -0.4 is 10.6 Å². The van der Waals surface area contributed by atoms with Gasteiger partial charge in [0.2, 0.25) is 0 Å². The Balaban J connectivity index is 2.71. The number of nitriles is 1. The highest BCUT2D eigenvalue weighted by Gasteiger charge is 2.05. The molecule has 1 amide bonds. The second kappa shape index (κ2) is 4.91. The predicted octanol–water partition coefficient (Wildman–Crippen LogP) is -0.0746. The first kappa shape index (κ1) is 10.9. The van der Waals surface area contributed by atoms with Gasteiger partial charge in [0, 0.05) is 13.6 Å². The first-order chi connectivity index (χ1) is 7.15. The van der Waals surface area contributed by atoms with E-state index in [4.69, 9.17) is 11.0 Å². The molecule has 1 aromatic heterocycles. The first-order valence-corrected chi connectivity index (χ1v) is 4.36. The molecule has 0 saturated carbocycles. The van der Waals surface area contributed by atoms with Crippen molar-refractivity contribution in [3.05, 3.63) is 17.8 Å². The van der Waals surface area contributed by atoms with E-state index >= 15 is 0 Å². The molecule has 0 atom stereocenters. The van der Waals surface area contributed by atoms with Gasteiger partial charge in [0.1, 0.15) is 0 Å². The Bertz CT molecular complexity index is 380. The smallest absolute Gasteiger partial charge is 0.269 e. The quantitative estimate of drug-likeness (QED) is 0.741. The van der Waals surface area contributed by atoms with Gasteiger partial charge in [-0.3, -0.25) is 4.79 Å². The van der Waals surface area contributed by atoms with E-state index in [0.29, 0.717) is 18.8 Å². The average Bonchev–Trinajstić information content (AvgIpc) is 2.26. The molecule has 15 heavy (non-hydrogen) atoms. The number of carbonyl (C=O) groups excluding carboxylic acids is 1. The van der Waals surface area contributed by atoms with Crippen LogP contribution in [0.1, 0.15) is 16.9 Å². The zero-order chi connectivity index (χ0) is 11.3. The zero-order valence-electron chi connectivity index (χ0n) is 8.34. The van der Waals surface area contributed by atoms with E-state index < -0.39 is 5.91 Å². The maximum absolute atomic E-state index is 10.7. The SMILES string of the molecule is CN(CCC#N)c1ccc(C(N)=O)nn1. The number of rotatable bonds is 4. The molecule has 0 aliphatic heterocycles. The fourth-order valence-corrected chi connectivity index (χ4v) is 0.992. The number of hydrogen-bond donors (Lipinski definition) is 1. The molecule has 1 aromatic rings. The summed E-state index contributed by atoms with van der Waals surface area (Å²) in [7, 11) is 1.80. The van der Waals surface area contributed by atoms with E-state index in [9.17, 15) is 4.79 Å². The van der Waals surface area contributed by atoms with E-state index in [0.717, 1.165) is 0 Å². The van der Waals surface area contributed by atoms with Gasteiger partial charge in [-0.25, -0.2) is 0 Å². The molecule has 0 saturated heterocycles. The van der Waals surface area contributed by atoms with Crippen LogP contribution in [0.5, 0.6) is 0 Å². The molecule has 6 heteroatoms. The molecule has 0 spiro atoms. The number of amides is 1. The lowest BCUT2D eigenvalue weighted by molar-refractivity contribution is 0.0994. The minimum atomic E-state index is -0.603. The van der Waals surface area contributed by atoms with Crippen LogP contribution >= 0.6 is 0 Å². The van der Waals surface area contributed by atoms with Crippen LogP contribution in [0, 0.1) is 11.3 Å². The molecular weight excluding hydrogens is 194 g/mol. The Morgan fingerprint density at radius 2 is 2.33 bits per heavy atom. The molecule has 2 N–H and O–H groups in total. The Kier molecular flexibility index (Phi) is 3.57. The normalized spacial score (nSPS) is 9.33. The largest absolute Gasteiger partial charge is 0.364 e. The second-order valence-electron chi connectivity index (χ2n) is 2.97. The van der Waals surface area contributed by atoms with Crippen molar-refractivity contribution in [1.82, 2.24) is 10.2 Å². The molecule has 0 fully saturated rings. The van der Waals surface area contributed by atoms with Crippen LogP contribution in [-0.4, -0.2) is 29.7 Å². The molecule has 0 aliphatic carbocycles. The third-order valence-corrected chi connectivity index (χ3v) is 1.85. The lowest BCUT2D eigenvalue weighted by Gasteiger charge is -2.15. The third kappa shape index (κ3) is 2.91. The molecule has 0 aromatic carbocycles. The molecule has 1 heterocycles. The van der Waals surface area contributed by atoms with Gasteiger partial charge in [-0.15, -0.1) is 10.2 Å². The first-order valence-electron chi connectivity index (χ1n) is 4.36. The number of anilines is 1. The second-order valence-corrected chi connectivity index (χ2v) is 2.97. The number of primary amides is 1. The fraction of sp³-hybridized carbons (Fsp3) is 0.333. The van der Waals surface area contributed by atoms with Crippen molar-refractivity contribution in [2.24, 2.45) is 5.73 Å². The molecule has 78 valence electrons. The van der Waals surface area contributed by atoms with Crippen molar-refractivity contribution < 1.29 is 4.79 Å². The van der Waals surface area contributed by atoms with Crippen molar-refractivity contribution in [2.45, 2.75) is 6.42 Å². The minimum Gasteiger partial charge on any atom is -0.364 e. The van der Waals surface area contributed by atoms with Gasteiger partial charge in [-0.1, -0.05) is 0 Å². The number of hydrogen-bond acceptors (Lipinski definition) is 5. The Morgan fingerprint density at radius 1 is 1.60 bits per heavy atom. The van der Waals surface area contributed by atoms with E-state index in [-0.39, 0.29) is 5.69 Å². The van der Waals surface area contributed by atoms with E-state index in [1.165, 1.54) is 6.07 Å². The van der Waals surface area contributed by atoms with Crippen molar-refractivity contribution >= 4 is 11.7 Å². The lowest BCUT2D eigenvalue weighted by Crippen LogP contribution is -2.21. The Hall–Kier alpha value is -2.16. The zero-order valence-corrected chi connectivity index (χ0v) is 8.34. The maximum atomic E-state index is 10.7. The number of nitrogens with zero attached hydrogens (tertiary/aromatic N) is 4. The highest BCUT2D eigenvalue weighted by atomic mass is 16.1. The number of nitrogens with two attached hydrogens (primary N) is 1. The van der Waals surface area contributed by atoms with Gasteiger partial charge in [0.25, 0.3) is 5.91 Å². The summed E-state index contributed by atoms with van der Waals surface area (Å²) in [6.07, 6.45) is 0.412. The van der Waals surface area contributed by atoms with Gasteiger partial charge < -0.3 is 10.6 Å². The summed E-state index contributed by atoms with van der Waals surface area (Å²) in [5, 5.41) is 15.9.